The van der Waals surface area contributed by atoms with E-state index in [0.717, 1.165) is 11.8 Å². The number of amidine groups is 1. The van der Waals surface area contributed by atoms with Crippen LogP contribution in [-0.4, -0.2) is 16.0 Å². The van der Waals surface area contributed by atoms with Gasteiger partial charge in [0.15, 0.2) is 5.84 Å². The molecule has 2 aromatic carbocycles. The van der Waals surface area contributed by atoms with E-state index < -0.39 is 10.7 Å². The van der Waals surface area contributed by atoms with Crippen LogP contribution in [0.2, 0.25) is 0 Å². The van der Waals surface area contributed by atoms with Crippen LogP contribution in [0.25, 0.3) is 0 Å². The summed E-state index contributed by atoms with van der Waals surface area (Å²) in [7, 11) is 0. The van der Waals surface area contributed by atoms with Gasteiger partial charge in [-0.05, 0) is 24.3 Å². The van der Waals surface area contributed by atoms with Crippen molar-refractivity contribution in [1.82, 2.24) is 0 Å². The molecule has 3 N–H and O–H groups in total. The Kier molecular flexibility index (Phi) is 4.39. The van der Waals surface area contributed by atoms with E-state index in [0.29, 0.717) is 0 Å². The van der Waals surface area contributed by atoms with Gasteiger partial charge in [0.2, 0.25) is 0 Å². The number of rotatable bonds is 4. The van der Waals surface area contributed by atoms with Crippen molar-refractivity contribution >= 4 is 23.3 Å². The minimum atomic E-state index is -0.600. The van der Waals surface area contributed by atoms with Crippen LogP contribution in [0.15, 0.2) is 57.4 Å². The molecule has 0 aliphatic carbocycles. The molecule has 108 valence electrons. The van der Waals surface area contributed by atoms with Crippen LogP contribution in [0.5, 0.6) is 0 Å². The normalized spacial score (nSPS) is 11.4. The van der Waals surface area contributed by atoms with Gasteiger partial charge in [-0.2, -0.15) is 0 Å². The third-order valence-electron chi connectivity index (χ3n) is 2.62. The molecule has 0 aliphatic rings. The summed E-state index contributed by atoms with van der Waals surface area (Å²) in [6, 6.07) is 10.1. The fourth-order valence-electron chi connectivity index (χ4n) is 1.61. The van der Waals surface area contributed by atoms with Gasteiger partial charge in [0.05, 0.1) is 9.82 Å². The molecule has 0 amide bonds. The molecule has 0 spiro atoms. The number of nitrogens with two attached hydrogens (primary N) is 1. The molecule has 0 bridgehead atoms. The minimum Gasteiger partial charge on any atom is -0.409 e. The van der Waals surface area contributed by atoms with Crippen LogP contribution in [0.1, 0.15) is 5.56 Å². The minimum absolute atomic E-state index is 0.210. The van der Waals surface area contributed by atoms with Gasteiger partial charge in [-0.3, -0.25) is 10.1 Å². The first-order valence-corrected chi connectivity index (χ1v) is 6.53. The first kappa shape index (κ1) is 14.8. The number of nitro benzene ring substituents is 1. The molecular weight excluding hydrogens is 297 g/mol. The second kappa shape index (κ2) is 6.23. The van der Waals surface area contributed by atoms with Gasteiger partial charge >= 0.3 is 0 Å². The lowest BCUT2D eigenvalue weighted by Gasteiger charge is -2.06. The molecule has 0 saturated heterocycles. The Balaban J connectivity index is 2.44. The van der Waals surface area contributed by atoms with Gasteiger partial charge < -0.3 is 10.9 Å². The highest BCUT2D eigenvalue weighted by Crippen LogP contribution is 2.36. The van der Waals surface area contributed by atoms with E-state index in [-0.39, 0.29) is 26.9 Å². The summed E-state index contributed by atoms with van der Waals surface area (Å²) < 4.78 is 13.6. The monoisotopic (exact) mass is 307 g/mol. The van der Waals surface area contributed by atoms with Crippen molar-refractivity contribution < 1.29 is 14.5 Å². The molecule has 2 rings (SSSR count). The number of hydrogen-bond acceptors (Lipinski definition) is 5. The Morgan fingerprint density at radius 2 is 2.00 bits per heavy atom. The van der Waals surface area contributed by atoms with Gasteiger partial charge in [-0.1, -0.05) is 29.1 Å². The Hall–Kier alpha value is -2.61. The Morgan fingerprint density at radius 3 is 2.62 bits per heavy atom. The third kappa shape index (κ3) is 3.29. The lowest BCUT2D eigenvalue weighted by Crippen LogP contribution is -2.13. The molecule has 0 aliphatic heterocycles. The van der Waals surface area contributed by atoms with Crippen LogP contribution >= 0.6 is 11.8 Å². The summed E-state index contributed by atoms with van der Waals surface area (Å²) in [6.07, 6.45) is 0. The van der Waals surface area contributed by atoms with Crippen molar-refractivity contribution in [2.24, 2.45) is 10.9 Å². The molecule has 0 aromatic heterocycles. The van der Waals surface area contributed by atoms with E-state index >= 15 is 0 Å². The molecular formula is C13H10FN3O3S. The van der Waals surface area contributed by atoms with Crippen LogP contribution in [0.4, 0.5) is 10.1 Å². The highest BCUT2D eigenvalue weighted by Gasteiger charge is 2.18. The number of nitrogens with zero attached hydrogens (tertiary/aromatic N) is 2. The van der Waals surface area contributed by atoms with Crippen molar-refractivity contribution in [1.29, 1.82) is 0 Å². The summed E-state index contributed by atoms with van der Waals surface area (Å²) in [4.78, 5) is 11.1. The maximum Gasteiger partial charge on any atom is 0.283 e. The molecule has 21 heavy (non-hydrogen) atoms. The van der Waals surface area contributed by atoms with E-state index in [4.69, 9.17) is 10.9 Å². The molecule has 2 aromatic rings. The smallest absolute Gasteiger partial charge is 0.283 e. The summed E-state index contributed by atoms with van der Waals surface area (Å²) in [5, 5.41) is 22.5. The molecule has 0 fully saturated rings. The topological polar surface area (TPSA) is 102 Å². The average molecular weight is 307 g/mol. The van der Waals surface area contributed by atoms with Gasteiger partial charge in [0.1, 0.15) is 5.82 Å². The quantitative estimate of drug-likeness (QED) is 0.297. The zero-order chi connectivity index (χ0) is 15.4. The molecule has 0 radical (unpaired) electrons. The molecule has 6 nitrogen and oxygen atoms in total. The van der Waals surface area contributed by atoms with Crippen LogP contribution in [0.3, 0.4) is 0 Å². The Morgan fingerprint density at radius 1 is 1.29 bits per heavy atom. The highest BCUT2D eigenvalue weighted by atomic mass is 32.2. The molecule has 0 atom stereocenters. The predicted octanol–water partition coefficient (Wildman–Crippen LogP) is 2.98. The molecule has 0 saturated carbocycles. The van der Waals surface area contributed by atoms with Crippen molar-refractivity contribution in [2.45, 2.75) is 9.79 Å². The number of benzene rings is 2. The van der Waals surface area contributed by atoms with E-state index in [9.17, 15) is 14.5 Å². The molecule has 8 heteroatoms. The summed E-state index contributed by atoms with van der Waals surface area (Å²) >= 11 is 0.937. The standard InChI is InChI=1S/C13H10FN3O3S/c14-9-3-1-2-4-11(9)21-12-6-5-8(13(15)16-18)7-10(12)17(19)20/h1-7,18H,(H2,15,16). The number of nitro groups is 1. The number of oxime groups is 1. The van der Waals surface area contributed by atoms with Crippen LogP contribution in [-0.2, 0) is 0 Å². The van der Waals surface area contributed by atoms with E-state index in [2.05, 4.69) is 5.16 Å². The van der Waals surface area contributed by atoms with Crippen molar-refractivity contribution in [3.05, 3.63) is 64.0 Å². The lowest BCUT2D eigenvalue weighted by molar-refractivity contribution is -0.387. The average Bonchev–Trinajstić information content (AvgIpc) is 2.49. The predicted molar refractivity (Wildman–Crippen MR) is 76.1 cm³/mol. The van der Waals surface area contributed by atoms with E-state index in [1.54, 1.807) is 6.07 Å². The zero-order valence-corrected chi connectivity index (χ0v) is 11.4. The Bertz CT molecular complexity index is 722. The second-order valence-corrected chi connectivity index (χ2v) is 5.04. The summed E-state index contributed by atoms with van der Waals surface area (Å²) in [5.74, 6) is -0.696. The SMILES string of the molecule is NC(=NO)c1ccc(Sc2ccccc2F)c([N+](=O)[O-])c1. The first-order chi connectivity index (χ1) is 10.0. The van der Waals surface area contributed by atoms with E-state index in [1.165, 1.54) is 36.4 Å². The van der Waals surface area contributed by atoms with Crippen molar-refractivity contribution in [2.75, 3.05) is 0 Å². The largest absolute Gasteiger partial charge is 0.409 e. The van der Waals surface area contributed by atoms with Crippen molar-refractivity contribution in [3.63, 3.8) is 0 Å². The third-order valence-corrected chi connectivity index (χ3v) is 3.73. The molecule has 0 heterocycles. The maximum atomic E-state index is 13.6. The van der Waals surface area contributed by atoms with Gasteiger partial charge in [-0.25, -0.2) is 4.39 Å². The van der Waals surface area contributed by atoms with Crippen LogP contribution in [0, 0.1) is 15.9 Å². The lowest BCUT2D eigenvalue weighted by atomic mass is 10.2. The second-order valence-electron chi connectivity index (χ2n) is 3.96. The zero-order valence-electron chi connectivity index (χ0n) is 10.6. The fraction of sp³-hybridized carbons (Fsp3) is 0. The Labute approximate surface area is 123 Å². The number of hydrogen-bond donors (Lipinski definition) is 2. The van der Waals surface area contributed by atoms with Crippen molar-refractivity contribution in [3.8, 4) is 0 Å². The number of halogens is 1. The summed E-state index contributed by atoms with van der Waals surface area (Å²) in [6.45, 7) is 0. The van der Waals surface area contributed by atoms with E-state index in [1.807, 2.05) is 0 Å². The summed E-state index contributed by atoms with van der Waals surface area (Å²) in [5.41, 5.74) is 5.37. The fourth-order valence-corrected chi connectivity index (χ4v) is 2.53. The molecule has 0 unspecified atom stereocenters. The van der Waals surface area contributed by atoms with Gasteiger partial charge in [0, 0.05) is 16.5 Å². The first-order valence-electron chi connectivity index (χ1n) is 5.71. The van der Waals surface area contributed by atoms with Gasteiger partial charge in [-0.15, -0.1) is 0 Å². The maximum absolute atomic E-state index is 13.6. The highest BCUT2D eigenvalue weighted by molar-refractivity contribution is 7.99. The van der Waals surface area contributed by atoms with Gasteiger partial charge in [0.25, 0.3) is 5.69 Å². The van der Waals surface area contributed by atoms with Crippen LogP contribution < -0.4 is 5.73 Å².